The van der Waals surface area contributed by atoms with E-state index in [1.807, 2.05) is 0 Å². The third-order valence-electron chi connectivity index (χ3n) is 3.72. The molecule has 0 saturated heterocycles. The molecule has 0 bridgehead atoms. The van der Waals surface area contributed by atoms with Gasteiger partial charge in [0.15, 0.2) is 0 Å². The SMILES string of the molecule is O=S(=O)(NCCC1CCCCC1)c1cc(CO)sc1Br. The van der Waals surface area contributed by atoms with Crippen LogP contribution < -0.4 is 4.72 Å². The van der Waals surface area contributed by atoms with E-state index in [9.17, 15) is 8.42 Å². The van der Waals surface area contributed by atoms with Crippen LogP contribution >= 0.6 is 27.3 Å². The molecule has 4 nitrogen and oxygen atoms in total. The van der Waals surface area contributed by atoms with E-state index in [2.05, 4.69) is 20.7 Å². The van der Waals surface area contributed by atoms with Crippen molar-refractivity contribution in [3.05, 3.63) is 14.7 Å². The summed E-state index contributed by atoms with van der Waals surface area (Å²) in [7, 11) is -3.48. The van der Waals surface area contributed by atoms with E-state index in [0.29, 0.717) is 21.1 Å². The maximum absolute atomic E-state index is 12.2. The van der Waals surface area contributed by atoms with Gasteiger partial charge in [-0.2, -0.15) is 0 Å². The number of sulfonamides is 1. The predicted molar refractivity (Wildman–Crippen MR) is 84.3 cm³/mol. The first-order valence-electron chi connectivity index (χ1n) is 6.91. The molecule has 0 amide bonds. The summed E-state index contributed by atoms with van der Waals surface area (Å²) in [6, 6.07) is 1.53. The third-order valence-corrected chi connectivity index (χ3v) is 7.42. The van der Waals surface area contributed by atoms with Crippen molar-refractivity contribution < 1.29 is 13.5 Å². The molecular formula is C13H20BrNO3S2. The van der Waals surface area contributed by atoms with Gasteiger partial charge in [-0.25, -0.2) is 13.1 Å². The van der Waals surface area contributed by atoms with Crippen LogP contribution in [0.3, 0.4) is 0 Å². The molecule has 1 aliphatic carbocycles. The zero-order valence-electron chi connectivity index (χ0n) is 11.3. The van der Waals surface area contributed by atoms with Crippen molar-refractivity contribution in [1.29, 1.82) is 0 Å². The smallest absolute Gasteiger partial charge is 0.242 e. The highest BCUT2D eigenvalue weighted by atomic mass is 79.9. The summed E-state index contributed by atoms with van der Waals surface area (Å²) in [4.78, 5) is 0.875. The fourth-order valence-electron chi connectivity index (χ4n) is 2.61. The van der Waals surface area contributed by atoms with Gasteiger partial charge in [-0.1, -0.05) is 32.1 Å². The number of halogens is 1. The molecule has 1 aromatic rings. The maximum atomic E-state index is 12.2. The van der Waals surface area contributed by atoms with E-state index in [1.54, 1.807) is 0 Å². The predicted octanol–water partition coefficient (Wildman–Crippen LogP) is 3.25. The van der Waals surface area contributed by atoms with Crippen molar-refractivity contribution >= 4 is 37.3 Å². The van der Waals surface area contributed by atoms with E-state index in [-0.39, 0.29) is 11.5 Å². The lowest BCUT2D eigenvalue weighted by molar-refractivity contribution is 0.285. The summed E-state index contributed by atoms with van der Waals surface area (Å²) in [6.07, 6.45) is 7.21. The molecule has 2 N–H and O–H groups in total. The second-order valence-corrected chi connectivity index (χ2v) is 9.39. The summed E-state index contributed by atoms with van der Waals surface area (Å²) in [6.45, 7) is 0.352. The Kier molecular flexibility index (Phi) is 6.04. The van der Waals surface area contributed by atoms with Gasteiger partial charge in [0.1, 0.15) is 4.90 Å². The summed E-state index contributed by atoms with van der Waals surface area (Å²) in [5.74, 6) is 0.658. The molecule has 1 aliphatic rings. The standard InChI is InChI=1S/C13H20BrNO3S2/c14-13-12(8-11(9-16)19-13)20(17,18)15-7-6-10-4-2-1-3-5-10/h8,10,15-16H,1-7,9H2. The van der Waals surface area contributed by atoms with Crippen molar-refractivity contribution in [2.75, 3.05) is 6.54 Å². The molecule has 7 heteroatoms. The Morgan fingerprint density at radius 3 is 2.65 bits per heavy atom. The molecule has 0 aromatic carbocycles. The number of hydrogen-bond acceptors (Lipinski definition) is 4. The van der Waals surface area contributed by atoms with Gasteiger partial charge in [-0.15, -0.1) is 11.3 Å². The minimum atomic E-state index is -3.48. The Bertz CT molecular complexity index is 536. The van der Waals surface area contributed by atoms with E-state index in [4.69, 9.17) is 5.11 Å². The first kappa shape index (κ1) is 16.4. The van der Waals surface area contributed by atoms with Gasteiger partial charge in [0.25, 0.3) is 0 Å². The molecule has 1 fully saturated rings. The Hall–Kier alpha value is 0.0500. The van der Waals surface area contributed by atoms with Crippen LogP contribution in [-0.4, -0.2) is 20.1 Å². The van der Waals surface area contributed by atoms with E-state index < -0.39 is 10.0 Å². The van der Waals surface area contributed by atoms with Crippen molar-refractivity contribution in [3.63, 3.8) is 0 Å². The first-order valence-corrected chi connectivity index (χ1v) is 10.0. The maximum Gasteiger partial charge on any atom is 0.242 e. The van der Waals surface area contributed by atoms with Gasteiger partial charge in [0.2, 0.25) is 10.0 Å². The normalized spacial score (nSPS) is 17.5. The molecule has 1 saturated carbocycles. The zero-order chi connectivity index (χ0) is 14.6. The van der Waals surface area contributed by atoms with Crippen molar-refractivity contribution in [2.45, 2.75) is 50.0 Å². The average Bonchev–Trinajstić information content (AvgIpc) is 2.82. The molecule has 1 aromatic heterocycles. The van der Waals surface area contributed by atoms with Gasteiger partial charge in [-0.05, 0) is 34.3 Å². The van der Waals surface area contributed by atoms with E-state index >= 15 is 0 Å². The van der Waals surface area contributed by atoms with Crippen molar-refractivity contribution in [3.8, 4) is 0 Å². The molecule has 0 unspecified atom stereocenters. The second-order valence-electron chi connectivity index (χ2n) is 5.20. The highest BCUT2D eigenvalue weighted by molar-refractivity contribution is 9.11. The molecule has 2 rings (SSSR count). The first-order chi connectivity index (χ1) is 9.53. The highest BCUT2D eigenvalue weighted by Gasteiger charge is 2.21. The molecule has 1 heterocycles. The van der Waals surface area contributed by atoms with Crippen LogP contribution in [0.5, 0.6) is 0 Å². The summed E-state index contributed by atoms with van der Waals surface area (Å²) >= 11 is 4.50. The minimum absolute atomic E-state index is 0.138. The quantitative estimate of drug-likeness (QED) is 0.794. The van der Waals surface area contributed by atoms with Crippen LogP contribution in [-0.2, 0) is 16.6 Å². The van der Waals surface area contributed by atoms with Crippen LogP contribution in [0.25, 0.3) is 0 Å². The zero-order valence-corrected chi connectivity index (χ0v) is 14.5. The van der Waals surface area contributed by atoms with Crippen LogP contribution in [0.2, 0.25) is 0 Å². The number of thiophene rings is 1. The van der Waals surface area contributed by atoms with Crippen LogP contribution in [0, 0.1) is 5.92 Å². The topological polar surface area (TPSA) is 66.4 Å². The second kappa shape index (κ2) is 7.35. The van der Waals surface area contributed by atoms with Gasteiger partial charge in [0.05, 0.1) is 10.4 Å². The van der Waals surface area contributed by atoms with Crippen molar-refractivity contribution in [1.82, 2.24) is 4.72 Å². The molecule has 114 valence electrons. The fraction of sp³-hybridized carbons (Fsp3) is 0.692. The molecule has 20 heavy (non-hydrogen) atoms. The lowest BCUT2D eigenvalue weighted by Crippen LogP contribution is -2.26. The Morgan fingerprint density at radius 1 is 1.35 bits per heavy atom. The van der Waals surface area contributed by atoms with Gasteiger partial charge < -0.3 is 5.11 Å². The Balaban J connectivity index is 1.91. The minimum Gasteiger partial charge on any atom is -0.391 e. The van der Waals surface area contributed by atoms with Gasteiger partial charge in [0, 0.05) is 11.4 Å². The van der Waals surface area contributed by atoms with Gasteiger partial charge >= 0.3 is 0 Å². The largest absolute Gasteiger partial charge is 0.391 e. The van der Waals surface area contributed by atoms with E-state index in [1.165, 1.54) is 49.5 Å². The van der Waals surface area contributed by atoms with Crippen LogP contribution in [0.15, 0.2) is 14.7 Å². The Morgan fingerprint density at radius 2 is 2.05 bits per heavy atom. The average molecular weight is 382 g/mol. The molecular weight excluding hydrogens is 362 g/mol. The molecule has 0 radical (unpaired) electrons. The van der Waals surface area contributed by atoms with Crippen molar-refractivity contribution in [2.24, 2.45) is 5.92 Å². The monoisotopic (exact) mass is 381 g/mol. The summed E-state index contributed by atoms with van der Waals surface area (Å²) < 4.78 is 27.6. The molecule has 0 aliphatic heterocycles. The summed E-state index contributed by atoms with van der Waals surface area (Å²) in [5.41, 5.74) is 0. The van der Waals surface area contributed by atoms with E-state index in [0.717, 1.165) is 6.42 Å². The number of aliphatic hydroxyl groups excluding tert-OH is 1. The van der Waals surface area contributed by atoms with Crippen LogP contribution in [0.4, 0.5) is 0 Å². The summed E-state index contributed by atoms with van der Waals surface area (Å²) in [5, 5.41) is 9.06. The van der Waals surface area contributed by atoms with Crippen LogP contribution in [0.1, 0.15) is 43.4 Å². The number of nitrogens with one attached hydrogen (secondary N) is 1. The fourth-order valence-corrected chi connectivity index (χ4v) is 6.20. The molecule has 0 spiro atoms. The molecule has 0 atom stereocenters. The lowest BCUT2D eigenvalue weighted by atomic mass is 9.87. The number of hydrogen-bond donors (Lipinski definition) is 2. The number of rotatable bonds is 6. The Labute approximate surface area is 132 Å². The number of aliphatic hydroxyl groups is 1. The lowest BCUT2D eigenvalue weighted by Gasteiger charge is -2.21. The van der Waals surface area contributed by atoms with Gasteiger partial charge in [-0.3, -0.25) is 0 Å². The highest BCUT2D eigenvalue weighted by Crippen LogP contribution is 2.32. The third kappa shape index (κ3) is 4.27.